The summed E-state index contributed by atoms with van der Waals surface area (Å²) in [6, 6.07) is 4.68. The van der Waals surface area contributed by atoms with Gasteiger partial charge in [0.15, 0.2) is 0 Å². The van der Waals surface area contributed by atoms with E-state index in [-0.39, 0.29) is 41.6 Å². The molecule has 0 saturated heterocycles. The van der Waals surface area contributed by atoms with Crippen molar-refractivity contribution in [3.8, 4) is 0 Å². The minimum Gasteiger partial charge on any atom is -0.345 e. The van der Waals surface area contributed by atoms with Crippen LogP contribution >= 0.6 is 12.4 Å². The molecule has 0 radical (unpaired) electrons. The standard InChI is InChI=1S/C17H28FN3O3S.ClH/c1-17(2,12-19)13-20(3)16(22)6-5-11-21(4)25(23,24)15-9-7-14(18)8-10-15;/h7-10H,5-6,11-13,19H2,1-4H3;1H. The molecular formula is C17H29ClFN3O3S. The lowest BCUT2D eigenvalue weighted by Gasteiger charge is -2.29. The summed E-state index contributed by atoms with van der Waals surface area (Å²) in [4.78, 5) is 13.8. The molecule has 0 heterocycles. The third-order valence-corrected chi connectivity index (χ3v) is 5.90. The number of carbonyl (C=O) groups excluding carboxylic acids is 1. The monoisotopic (exact) mass is 409 g/mol. The number of halogens is 2. The van der Waals surface area contributed by atoms with E-state index in [4.69, 9.17) is 5.73 Å². The van der Waals surface area contributed by atoms with Crippen LogP contribution in [0.4, 0.5) is 4.39 Å². The van der Waals surface area contributed by atoms with Crippen LogP contribution in [0.2, 0.25) is 0 Å². The predicted molar refractivity (Wildman–Crippen MR) is 103 cm³/mol. The van der Waals surface area contributed by atoms with Crippen molar-refractivity contribution >= 4 is 28.3 Å². The Hall–Kier alpha value is -1.22. The number of amides is 1. The fourth-order valence-electron chi connectivity index (χ4n) is 2.35. The van der Waals surface area contributed by atoms with Crippen molar-refractivity contribution in [3.05, 3.63) is 30.1 Å². The number of hydrogen-bond acceptors (Lipinski definition) is 4. The second-order valence-corrected chi connectivity index (χ2v) is 9.05. The number of rotatable bonds is 9. The van der Waals surface area contributed by atoms with E-state index in [1.165, 1.54) is 23.5 Å². The molecule has 0 unspecified atom stereocenters. The van der Waals surface area contributed by atoms with Crippen LogP contribution in [0.15, 0.2) is 29.2 Å². The Labute approximate surface area is 162 Å². The van der Waals surface area contributed by atoms with Crippen molar-refractivity contribution in [3.63, 3.8) is 0 Å². The molecule has 0 aromatic heterocycles. The topological polar surface area (TPSA) is 83.7 Å². The molecule has 0 aliphatic heterocycles. The molecule has 6 nitrogen and oxygen atoms in total. The second kappa shape index (κ2) is 10.2. The van der Waals surface area contributed by atoms with Gasteiger partial charge in [-0.15, -0.1) is 12.4 Å². The molecule has 26 heavy (non-hydrogen) atoms. The Morgan fingerprint density at radius 2 is 1.73 bits per heavy atom. The quantitative estimate of drug-likeness (QED) is 0.676. The van der Waals surface area contributed by atoms with Crippen molar-refractivity contribution in [1.29, 1.82) is 0 Å². The summed E-state index contributed by atoms with van der Waals surface area (Å²) in [5, 5.41) is 0. The van der Waals surface area contributed by atoms with E-state index in [1.807, 2.05) is 13.8 Å². The van der Waals surface area contributed by atoms with Crippen molar-refractivity contribution in [1.82, 2.24) is 9.21 Å². The minimum absolute atomic E-state index is 0. The van der Waals surface area contributed by atoms with Gasteiger partial charge in [0, 0.05) is 33.6 Å². The Bertz CT molecular complexity index is 681. The van der Waals surface area contributed by atoms with Gasteiger partial charge in [0.1, 0.15) is 5.82 Å². The van der Waals surface area contributed by atoms with Crippen molar-refractivity contribution in [2.75, 3.05) is 33.7 Å². The minimum atomic E-state index is -3.68. The molecule has 0 aliphatic rings. The number of hydrogen-bond donors (Lipinski definition) is 1. The van der Waals surface area contributed by atoms with Gasteiger partial charge in [-0.2, -0.15) is 0 Å². The smallest absolute Gasteiger partial charge is 0.242 e. The van der Waals surface area contributed by atoms with E-state index >= 15 is 0 Å². The first-order valence-corrected chi connectivity index (χ1v) is 9.59. The predicted octanol–water partition coefficient (Wildman–Crippen LogP) is 2.09. The lowest BCUT2D eigenvalue weighted by Crippen LogP contribution is -2.40. The highest BCUT2D eigenvalue weighted by molar-refractivity contribution is 7.89. The van der Waals surface area contributed by atoms with Gasteiger partial charge in [0.2, 0.25) is 15.9 Å². The van der Waals surface area contributed by atoms with Crippen LogP contribution in [0.1, 0.15) is 26.7 Å². The zero-order chi connectivity index (χ0) is 19.3. The fourth-order valence-corrected chi connectivity index (χ4v) is 3.55. The molecule has 9 heteroatoms. The largest absolute Gasteiger partial charge is 0.345 e. The molecule has 0 saturated carbocycles. The van der Waals surface area contributed by atoms with E-state index in [1.54, 1.807) is 11.9 Å². The molecule has 1 rings (SSSR count). The highest BCUT2D eigenvalue weighted by Gasteiger charge is 2.23. The van der Waals surface area contributed by atoms with Crippen LogP contribution in [0.25, 0.3) is 0 Å². The van der Waals surface area contributed by atoms with Gasteiger partial charge in [0.25, 0.3) is 0 Å². The van der Waals surface area contributed by atoms with E-state index in [0.29, 0.717) is 19.5 Å². The molecule has 0 spiro atoms. The molecule has 0 atom stereocenters. The van der Waals surface area contributed by atoms with Gasteiger partial charge < -0.3 is 10.6 Å². The number of nitrogens with two attached hydrogens (primary N) is 1. The number of carbonyl (C=O) groups is 1. The first-order chi connectivity index (χ1) is 11.5. The molecule has 0 aliphatic carbocycles. The molecule has 0 bridgehead atoms. The van der Waals surface area contributed by atoms with Gasteiger partial charge in [-0.05, 0) is 42.6 Å². The summed E-state index contributed by atoms with van der Waals surface area (Å²) in [5.74, 6) is -0.537. The summed E-state index contributed by atoms with van der Waals surface area (Å²) in [6.07, 6.45) is 0.656. The van der Waals surface area contributed by atoms with E-state index < -0.39 is 15.8 Å². The van der Waals surface area contributed by atoms with Crippen LogP contribution in [-0.4, -0.2) is 57.3 Å². The maximum absolute atomic E-state index is 12.9. The summed E-state index contributed by atoms with van der Waals surface area (Å²) in [6.45, 7) is 5.20. The van der Waals surface area contributed by atoms with Crippen LogP contribution in [0, 0.1) is 11.2 Å². The Balaban J connectivity index is 0.00000625. The first-order valence-electron chi connectivity index (χ1n) is 8.15. The summed E-state index contributed by atoms with van der Waals surface area (Å²) in [7, 11) is -0.512. The highest BCUT2D eigenvalue weighted by Crippen LogP contribution is 2.17. The van der Waals surface area contributed by atoms with E-state index in [2.05, 4.69) is 0 Å². The van der Waals surface area contributed by atoms with E-state index in [0.717, 1.165) is 12.1 Å². The lowest BCUT2D eigenvalue weighted by atomic mass is 9.93. The van der Waals surface area contributed by atoms with Crippen LogP contribution in [-0.2, 0) is 14.8 Å². The van der Waals surface area contributed by atoms with Gasteiger partial charge in [-0.25, -0.2) is 17.1 Å². The number of nitrogens with zero attached hydrogens (tertiary/aromatic N) is 2. The van der Waals surface area contributed by atoms with Crippen LogP contribution in [0.5, 0.6) is 0 Å². The normalized spacial score (nSPS) is 12.0. The summed E-state index contributed by atoms with van der Waals surface area (Å²) in [5.41, 5.74) is 5.51. The third-order valence-electron chi connectivity index (χ3n) is 4.03. The molecule has 1 aromatic rings. The van der Waals surface area contributed by atoms with Gasteiger partial charge >= 0.3 is 0 Å². The first kappa shape index (κ1) is 24.8. The zero-order valence-corrected chi connectivity index (χ0v) is 17.4. The maximum Gasteiger partial charge on any atom is 0.242 e. The van der Waals surface area contributed by atoms with Crippen LogP contribution in [0.3, 0.4) is 0 Å². The lowest BCUT2D eigenvalue weighted by molar-refractivity contribution is -0.131. The summed E-state index contributed by atoms with van der Waals surface area (Å²) >= 11 is 0. The second-order valence-electron chi connectivity index (χ2n) is 7.00. The average molecular weight is 410 g/mol. The number of sulfonamides is 1. The maximum atomic E-state index is 12.9. The number of benzene rings is 1. The molecule has 150 valence electrons. The van der Waals surface area contributed by atoms with Gasteiger partial charge in [-0.3, -0.25) is 4.79 Å². The zero-order valence-electron chi connectivity index (χ0n) is 15.7. The molecular weight excluding hydrogens is 381 g/mol. The fraction of sp³-hybridized carbons (Fsp3) is 0.588. The molecule has 1 amide bonds. The SMILES string of the molecule is CN(CC(C)(C)CN)C(=O)CCCN(C)S(=O)(=O)c1ccc(F)cc1.Cl. The Morgan fingerprint density at radius 3 is 2.23 bits per heavy atom. The van der Waals surface area contributed by atoms with Gasteiger partial charge in [-0.1, -0.05) is 13.8 Å². The molecule has 1 aromatic carbocycles. The highest BCUT2D eigenvalue weighted by atomic mass is 35.5. The molecule has 2 N–H and O–H groups in total. The Kier molecular flexibility index (Phi) is 9.72. The Morgan fingerprint density at radius 1 is 1.19 bits per heavy atom. The third kappa shape index (κ3) is 7.19. The summed E-state index contributed by atoms with van der Waals surface area (Å²) < 4.78 is 38.9. The van der Waals surface area contributed by atoms with Crippen LogP contribution < -0.4 is 5.73 Å². The van der Waals surface area contributed by atoms with Gasteiger partial charge in [0.05, 0.1) is 4.90 Å². The van der Waals surface area contributed by atoms with Crippen molar-refractivity contribution in [2.24, 2.45) is 11.1 Å². The molecule has 0 fully saturated rings. The average Bonchev–Trinajstić information content (AvgIpc) is 2.54. The van der Waals surface area contributed by atoms with Crippen molar-refractivity contribution in [2.45, 2.75) is 31.6 Å². The van der Waals surface area contributed by atoms with E-state index in [9.17, 15) is 17.6 Å². The van der Waals surface area contributed by atoms with Crippen molar-refractivity contribution < 1.29 is 17.6 Å².